The van der Waals surface area contributed by atoms with Gasteiger partial charge in [0.2, 0.25) is 0 Å². The van der Waals surface area contributed by atoms with Crippen LogP contribution in [-0.2, 0) is 16.0 Å². The van der Waals surface area contributed by atoms with Gasteiger partial charge >= 0.3 is 0 Å². The Kier molecular flexibility index (Phi) is 5.09. The summed E-state index contributed by atoms with van der Waals surface area (Å²) in [4.78, 5) is 15.1. The summed E-state index contributed by atoms with van der Waals surface area (Å²) >= 11 is 1.96. The number of amides is 1. The van der Waals surface area contributed by atoms with Crippen LogP contribution in [-0.4, -0.2) is 36.3 Å². The summed E-state index contributed by atoms with van der Waals surface area (Å²) in [7, 11) is 0. The van der Waals surface area contributed by atoms with E-state index in [1.165, 1.54) is 11.1 Å². The van der Waals surface area contributed by atoms with Gasteiger partial charge in [0.1, 0.15) is 0 Å². The lowest BCUT2D eigenvalue weighted by Crippen LogP contribution is -2.39. The van der Waals surface area contributed by atoms with Gasteiger partial charge in [-0.15, -0.1) is 0 Å². The molecule has 2 unspecified atom stereocenters. The van der Waals surface area contributed by atoms with E-state index in [1.54, 1.807) is 0 Å². The van der Waals surface area contributed by atoms with E-state index >= 15 is 0 Å². The van der Waals surface area contributed by atoms with E-state index in [2.05, 4.69) is 36.4 Å². The third-order valence-electron chi connectivity index (χ3n) is 5.04. The quantitative estimate of drug-likeness (QED) is 0.817. The third kappa shape index (κ3) is 3.60. The first-order valence-electron chi connectivity index (χ1n) is 8.97. The SMILES string of the molecule is O=C(C1OCCc2ccccc21)N1CCSC(c2ccccc2)CC1. The van der Waals surface area contributed by atoms with Crippen molar-refractivity contribution in [3.8, 4) is 0 Å². The molecule has 2 aliphatic heterocycles. The molecule has 2 aromatic carbocycles. The fraction of sp³-hybridized carbons (Fsp3) is 0.381. The zero-order valence-corrected chi connectivity index (χ0v) is 15.1. The highest BCUT2D eigenvalue weighted by Gasteiger charge is 2.32. The van der Waals surface area contributed by atoms with Crippen molar-refractivity contribution in [1.82, 2.24) is 4.90 Å². The molecule has 0 spiro atoms. The molecule has 2 aliphatic rings. The normalized spacial score (nSPS) is 23.6. The number of rotatable bonds is 2. The van der Waals surface area contributed by atoms with Crippen LogP contribution in [0.4, 0.5) is 0 Å². The Morgan fingerprint density at radius 1 is 1.04 bits per heavy atom. The number of thioether (sulfide) groups is 1. The van der Waals surface area contributed by atoms with Crippen LogP contribution < -0.4 is 0 Å². The number of hydrogen-bond acceptors (Lipinski definition) is 3. The van der Waals surface area contributed by atoms with Crippen molar-refractivity contribution in [1.29, 1.82) is 0 Å². The number of nitrogens with zero attached hydrogens (tertiary/aromatic N) is 1. The molecule has 1 fully saturated rings. The summed E-state index contributed by atoms with van der Waals surface area (Å²) in [5.74, 6) is 1.10. The van der Waals surface area contributed by atoms with Crippen molar-refractivity contribution in [2.75, 3.05) is 25.4 Å². The average Bonchev–Trinajstić information content (AvgIpc) is 2.94. The Balaban J connectivity index is 1.47. The smallest absolute Gasteiger partial charge is 0.256 e. The molecule has 0 bridgehead atoms. The minimum Gasteiger partial charge on any atom is -0.363 e. The van der Waals surface area contributed by atoms with Crippen LogP contribution in [0.1, 0.15) is 34.5 Å². The Labute approximate surface area is 153 Å². The maximum atomic E-state index is 13.1. The van der Waals surface area contributed by atoms with Crippen LogP contribution in [0.3, 0.4) is 0 Å². The molecule has 4 heteroatoms. The van der Waals surface area contributed by atoms with Crippen LogP contribution >= 0.6 is 11.8 Å². The molecule has 130 valence electrons. The average molecular weight is 353 g/mol. The van der Waals surface area contributed by atoms with E-state index in [-0.39, 0.29) is 5.91 Å². The van der Waals surface area contributed by atoms with E-state index in [4.69, 9.17) is 4.74 Å². The predicted molar refractivity (Wildman–Crippen MR) is 102 cm³/mol. The van der Waals surface area contributed by atoms with Gasteiger partial charge in [-0.05, 0) is 29.5 Å². The number of carbonyl (C=O) groups excluding carboxylic acids is 1. The monoisotopic (exact) mass is 353 g/mol. The third-order valence-corrected chi connectivity index (χ3v) is 6.37. The predicted octanol–water partition coefficient (Wildman–Crippen LogP) is 4.01. The van der Waals surface area contributed by atoms with Gasteiger partial charge in [0.25, 0.3) is 5.91 Å². The summed E-state index contributed by atoms with van der Waals surface area (Å²) in [5, 5.41) is 0.471. The largest absolute Gasteiger partial charge is 0.363 e. The molecular formula is C21H23NO2S. The molecule has 2 aromatic rings. The van der Waals surface area contributed by atoms with E-state index in [0.717, 1.165) is 37.2 Å². The van der Waals surface area contributed by atoms with Crippen molar-refractivity contribution in [3.05, 3.63) is 71.3 Å². The summed E-state index contributed by atoms with van der Waals surface area (Å²) < 4.78 is 5.87. The first kappa shape index (κ1) is 16.7. The fourth-order valence-electron chi connectivity index (χ4n) is 3.69. The summed E-state index contributed by atoms with van der Waals surface area (Å²) in [6.45, 7) is 2.23. The molecule has 0 radical (unpaired) electrons. The van der Waals surface area contributed by atoms with E-state index in [9.17, 15) is 4.79 Å². The highest BCUT2D eigenvalue weighted by molar-refractivity contribution is 7.99. The Bertz CT molecular complexity index is 734. The highest BCUT2D eigenvalue weighted by Crippen LogP contribution is 2.35. The first-order chi connectivity index (χ1) is 12.3. The van der Waals surface area contributed by atoms with Gasteiger partial charge < -0.3 is 9.64 Å². The van der Waals surface area contributed by atoms with E-state index in [1.807, 2.05) is 34.9 Å². The molecule has 3 nitrogen and oxygen atoms in total. The van der Waals surface area contributed by atoms with Gasteiger partial charge in [0, 0.05) is 24.1 Å². The van der Waals surface area contributed by atoms with Crippen molar-refractivity contribution in [2.24, 2.45) is 0 Å². The van der Waals surface area contributed by atoms with Crippen molar-refractivity contribution < 1.29 is 9.53 Å². The molecule has 0 saturated carbocycles. The fourth-order valence-corrected chi connectivity index (χ4v) is 4.92. The molecule has 0 N–H and O–H groups in total. The van der Waals surface area contributed by atoms with Crippen molar-refractivity contribution in [3.63, 3.8) is 0 Å². The van der Waals surface area contributed by atoms with Gasteiger partial charge in [-0.25, -0.2) is 0 Å². The maximum Gasteiger partial charge on any atom is 0.256 e. The molecule has 25 heavy (non-hydrogen) atoms. The minimum atomic E-state index is -0.428. The molecule has 0 aliphatic carbocycles. The standard InChI is InChI=1S/C21H23NO2S/c23-21(20-18-9-5-4-6-16(18)11-14-24-20)22-12-10-19(25-15-13-22)17-7-2-1-3-8-17/h1-9,19-20H,10-15H2. The zero-order valence-electron chi connectivity index (χ0n) is 14.3. The second-order valence-electron chi connectivity index (χ2n) is 6.58. The Hall–Kier alpha value is -1.78. The van der Waals surface area contributed by atoms with Crippen LogP contribution in [0, 0.1) is 0 Å². The van der Waals surface area contributed by atoms with Crippen LogP contribution in [0.2, 0.25) is 0 Å². The van der Waals surface area contributed by atoms with Crippen LogP contribution in [0.25, 0.3) is 0 Å². The van der Waals surface area contributed by atoms with Gasteiger partial charge in [0.15, 0.2) is 6.10 Å². The van der Waals surface area contributed by atoms with E-state index < -0.39 is 6.10 Å². The summed E-state index contributed by atoms with van der Waals surface area (Å²) in [6.07, 6.45) is 1.46. The maximum absolute atomic E-state index is 13.1. The minimum absolute atomic E-state index is 0.126. The lowest BCUT2D eigenvalue weighted by Gasteiger charge is -2.30. The molecule has 1 amide bonds. The summed E-state index contributed by atoms with van der Waals surface area (Å²) in [6, 6.07) is 18.8. The molecule has 1 saturated heterocycles. The number of hydrogen-bond donors (Lipinski definition) is 0. The van der Waals surface area contributed by atoms with Gasteiger partial charge in [-0.2, -0.15) is 11.8 Å². The topological polar surface area (TPSA) is 29.5 Å². The molecule has 4 rings (SSSR count). The van der Waals surface area contributed by atoms with E-state index in [0.29, 0.717) is 11.9 Å². The number of carbonyl (C=O) groups is 1. The summed E-state index contributed by atoms with van der Waals surface area (Å²) in [5.41, 5.74) is 3.66. The number of ether oxygens (including phenoxy) is 1. The second-order valence-corrected chi connectivity index (χ2v) is 7.89. The lowest BCUT2D eigenvalue weighted by atomic mass is 9.96. The van der Waals surface area contributed by atoms with Gasteiger partial charge in [0.05, 0.1) is 6.61 Å². The van der Waals surface area contributed by atoms with Crippen molar-refractivity contribution in [2.45, 2.75) is 24.2 Å². The Morgan fingerprint density at radius 3 is 2.72 bits per heavy atom. The number of benzene rings is 2. The van der Waals surface area contributed by atoms with Crippen LogP contribution in [0.5, 0.6) is 0 Å². The molecule has 2 heterocycles. The lowest BCUT2D eigenvalue weighted by molar-refractivity contribution is -0.144. The molecule has 0 aromatic heterocycles. The second kappa shape index (κ2) is 7.63. The van der Waals surface area contributed by atoms with Crippen LogP contribution in [0.15, 0.2) is 54.6 Å². The number of fused-ring (bicyclic) bond motifs is 1. The molecular weight excluding hydrogens is 330 g/mol. The van der Waals surface area contributed by atoms with Crippen molar-refractivity contribution >= 4 is 17.7 Å². The Morgan fingerprint density at radius 2 is 1.84 bits per heavy atom. The first-order valence-corrected chi connectivity index (χ1v) is 10.0. The molecule has 2 atom stereocenters. The van der Waals surface area contributed by atoms with Gasteiger partial charge in [-0.3, -0.25) is 4.79 Å². The van der Waals surface area contributed by atoms with Gasteiger partial charge in [-0.1, -0.05) is 54.6 Å². The highest BCUT2D eigenvalue weighted by atomic mass is 32.2. The zero-order chi connectivity index (χ0) is 17.1.